The molecule has 1 aromatic rings. The van der Waals surface area contributed by atoms with Gasteiger partial charge in [-0.2, -0.15) is 0 Å². The summed E-state index contributed by atoms with van der Waals surface area (Å²) in [6.45, 7) is 7.25. The number of aliphatic hydroxyl groups excluding tert-OH is 1. The van der Waals surface area contributed by atoms with Crippen molar-refractivity contribution in [1.29, 1.82) is 0 Å². The van der Waals surface area contributed by atoms with E-state index in [0.717, 1.165) is 16.7 Å². The first-order chi connectivity index (χ1) is 8.31. The van der Waals surface area contributed by atoms with E-state index in [0.29, 0.717) is 6.42 Å². The molecule has 0 saturated carbocycles. The third-order valence-electron chi connectivity index (χ3n) is 3.12. The second kappa shape index (κ2) is 5.82. The van der Waals surface area contributed by atoms with Crippen molar-refractivity contribution >= 4 is 10.0 Å². The molecule has 0 amide bonds. The molecule has 0 heterocycles. The Kier molecular flexibility index (Phi) is 4.90. The third kappa shape index (κ3) is 3.31. The van der Waals surface area contributed by atoms with Gasteiger partial charge in [0, 0.05) is 6.04 Å². The topological polar surface area (TPSA) is 66.4 Å². The van der Waals surface area contributed by atoms with Crippen molar-refractivity contribution in [1.82, 2.24) is 4.72 Å². The first-order valence-electron chi connectivity index (χ1n) is 6.02. The lowest BCUT2D eigenvalue weighted by Crippen LogP contribution is -2.37. The molecule has 0 bridgehead atoms. The van der Waals surface area contributed by atoms with Gasteiger partial charge in [-0.15, -0.1) is 0 Å². The van der Waals surface area contributed by atoms with Gasteiger partial charge in [0.05, 0.1) is 11.5 Å². The van der Waals surface area contributed by atoms with Gasteiger partial charge in [0.2, 0.25) is 10.0 Å². The maximum absolute atomic E-state index is 12.2. The van der Waals surface area contributed by atoms with E-state index in [1.54, 1.807) is 13.0 Å². The molecule has 1 rings (SSSR count). The van der Waals surface area contributed by atoms with Crippen LogP contribution in [0.25, 0.3) is 0 Å². The number of nitrogens with one attached hydrogen (secondary N) is 1. The van der Waals surface area contributed by atoms with Crippen molar-refractivity contribution in [3.63, 3.8) is 0 Å². The Balaban J connectivity index is 3.16. The Bertz CT molecular complexity index is 519. The number of aryl methyl sites for hydroxylation is 3. The van der Waals surface area contributed by atoms with Crippen molar-refractivity contribution in [3.05, 3.63) is 28.8 Å². The second-order valence-corrected chi connectivity index (χ2v) is 6.29. The maximum Gasteiger partial charge on any atom is 0.241 e. The van der Waals surface area contributed by atoms with E-state index in [1.165, 1.54) is 0 Å². The Hall–Kier alpha value is -0.910. The number of aliphatic hydroxyl groups is 1. The van der Waals surface area contributed by atoms with Crippen LogP contribution in [0.5, 0.6) is 0 Å². The molecule has 0 fully saturated rings. The van der Waals surface area contributed by atoms with Crippen molar-refractivity contribution in [2.75, 3.05) is 6.61 Å². The summed E-state index contributed by atoms with van der Waals surface area (Å²) in [7, 11) is -3.56. The standard InChI is InChI=1S/C13H21NO3S/c1-5-12(8-15)14-18(16,17)13-7-10(3)9(2)6-11(13)4/h6-7,12,14-15H,5,8H2,1-4H3/t12-/m0/s1. The van der Waals surface area contributed by atoms with Crippen LogP contribution in [0.4, 0.5) is 0 Å². The van der Waals surface area contributed by atoms with E-state index in [1.807, 2.05) is 26.8 Å². The molecule has 102 valence electrons. The molecule has 0 saturated heterocycles. The molecule has 0 radical (unpaired) electrons. The number of sulfonamides is 1. The highest BCUT2D eigenvalue weighted by Crippen LogP contribution is 2.20. The summed E-state index contributed by atoms with van der Waals surface area (Å²) in [4.78, 5) is 0.289. The van der Waals surface area contributed by atoms with Crippen LogP contribution < -0.4 is 4.72 Å². The van der Waals surface area contributed by atoms with E-state index in [4.69, 9.17) is 5.11 Å². The molecule has 0 unspecified atom stereocenters. The summed E-state index contributed by atoms with van der Waals surface area (Å²) in [5, 5.41) is 9.08. The van der Waals surface area contributed by atoms with Crippen LogP contribution in [-0.2, 0) is 10.0 Å². The van der Waals surface area contributed by atoms with Crippen LogP contribution in [0.15, 0.2) is 17.0 Å². The molecule has 1 aromatic carbocycles. The highest BCUT2D eigenvalue weighted by Gasteiger charge is 2.21. The van der Waals surface area contributed by atoms with Gasteiger partial charge >= 0.3 is 0 Å². The summed E-state index contributed by atoms with van der Waals surface area (Å²) in [5.41, 5.74) is 2.73. The molecule has 0 aromatic heterocycles. The highest BCUT2D eigenvalue weighted by atomic mass is 32.2. The Morgan fingerprint density at radius 2 is 1.72 bits per heavy atom. The lowest BCUT2D eigenvalue weighted by Gasteiger charge is -2.16. The zero-order valence-electron chi connectivity index (χ0n) is 11.3. The SMILES string of the molecule is CC[C@@H](CO)NS(=O)(=O)c1cc(C)c(C)cc1C. The number of hydrogen-bond acceptors (Lipinski definition) is 3. The van der Waals surface area contributed by atoms with Gasteiger partial charge < -0.3 is 5.11 Å². The van der Waals surface area contributed by atoms with Crippen molar-refractivity contribution in [2.45, 2.75) is 45.1 Å². The molecule has 0 aliphatic heterocycles. The fraction of sp³-hybridized carbons (Fsp3) is 0.538. The van der Waals surface area contributed by atoms with Crippen molar-refractivity contribution < 1.29 is 13.5 Å². The number of rotatable bonds is 5. The quantitative estimate of drug-likeness (QED) is 0.856. The average molecular weight is 271 g/mol. The minimum atomic E-state index is -3.56. The maximum atomic E-state index is 12.2. The molecule has 5 heteroatoms. The normalized spacial score (nSPS) is 13.6. The van der Waals surface area contributed by atoms with Gasteiger partial charge in [0.1, 0.15) is 0 Å². The average Bonchev–Trinajstić information content (AvgIpc) is 2.30. The van der Waals surface area contributed by atoms with Crippen LogP contribution in [0.3, 0.4) is 0 Å². The number of benzene rings is 1. The molecular weight excluding hydrogens is 250 g/mol. The molecule has 0 aliphatic carbocycles. The summed E-state index contributed by atoms with van der Waals surface area (Å²) >= 11 is 0. The van der Waals surface area contributed by atoms with Gasteiger partial charge in [-0.1, -0.05) is 13.0 Å². The fourth-order valence-corrected chi connectivity index (χ4v) is 3.38. The summed E-state index contributed by atoms with van der Waals surface area (Å²) in [6.07, 6.45) is 0.555. The molecule has 0 spiro atoms. The van der Waals surface area contributed by atoms with E-state index in [9.17, 15) is 8.42 Å². The zero-order valence-corrected chi connectivity index (χ0v) is 12.1. The molecule has 2 N–H and O–H groups in total. The molecule has 4 nitrogen and oxygen atoms in total. The lowest BCUT2D eigenvalue weighted by molar-refractivity contribution is 0.254. The van der Waals surface area contributed by atoms with Crippen molar-refractivity contribution in [2.24, 2.45) is 0 Å². The largest absolute Gasteiger partial charge is 0.395 e. The minimum absolute atomic E-state index is 0.195. The molecule has 0 aliphatic rings. The lowest BCUT2D eigenvalue weighted by atomic mass is 10.1. The summed E-state index contributed by atoms with van der Waals surface area (Å²) < 4.78 is 27.0. The van der Waals surface area contributed by atoms with Crippen LogP contribution >= 0.6 is 0 Å². The van der Waals surface area contributed by atoms with E-state index in [2.05, 4.69) is 4.72 Å². The first kappa shape index (κ1) is 15.1. The predicted molar refractivity (Wildman–Crippen MR) is 72.1 cm³/mol. The van der Waals surface area contributed by atoms with Gasteiger partial charge in [0.25, 0.3) is 0 Å². The summed E-state index contributed by atoms with van der Waals surface area (Å²) in [5.74, 6) is 0. The Morgan fingerprint density at radius 1 is 1.17 bits per heavy atom. The van der Waals surface area contributed by atoms with Crippen LogP contribution in [0.1, 0.15) is 30.0 Å². The monoisotopic (exact) mass is 271 g/mol. The minimum Gasteiger partial charge on any atom is -0.395 e. The number of hydrogen-bond donors (Lipinski definition) is 2. The van der Waals surface area contributed by atoms with Gasteiger partial charge in [-0.25, -0.2) is 13.1 Å². The Morgan fingerprint density at radius 3 is 2.22 bits per heavy atom. The second-order valence-electron chi connectivity index (χ2n) is 4.61. The first-order valence-corrected chi connectivity index (χ1v) is 7.51. The van der Waals surface area contributed by atoms with Crippen LogP contribution in [-0.4, -0.2) is 26.2 Å². The van der Waals surface area contributed by atoms with Crippen LogP contribution in [0.2, 0.25) is 0 Å². The smallest absolute Gasteiger partial charge is 0.241 e. The summed E-state index contributed by atoms with van der Waals surface area (Å²) in [6, 6.07) is 3.11. The zero-order chi connectivity index (χ0) is 13.9. The third-order valence-corrected chi connectivity index (χ3v) is 4.78. The molecule has 18 heavy (non-hydrogen) atoms. The fourth-order valence-electron chi connectivity index (χ4n) is 1.76. The van der Waals surface area contributed by atoms with Gasteiger partial charge in [-0.3, -0.25) is 0 Å². The van der Waals surface area contributed by atoms with E-state index >= 15 is 0 Å². The predicted octanol–water partition coefficient (Wildman–Crippen LogP) is 1.66. The molecule has 1 atom stereocenters. The van der Waals surface area contributed by atoms with E-state index < -0.39 is 16.1 Å². The Labute approximate surface area is 109 Å². The molecular formula is C13H21NO3S. The van der Waals surface area contributed by atoms with Gasteiger partial charge in [-0.05, 0) is 49.9 Å². The highest BCUT2D eigenvalue weighted by molar-refractivity contribution is 7.89. The van der Waals surface area contributed by atoms with E-state index in [-0.39, 0.29) is 11.5 Å². The van der Waals surface area contributed by atoms with Crippen LogP contribution in [0, 0.1) is 20.8 Å². The van der Waals surface area contributed by atoms with Gasteiger partial charge in [0.15, 0.2) is 0 Å². The van der Waals surface area contributed by atoms with Crippen molar-refractivity contribution in [3.8, 4) is 0 Å².